The molecule has 1 unspecified atom stereocenters. The van der Waals surface area contributed by atoms with Crippen LogP contribution in [0.4, 0.5) is 4.79 Å². The first kappa shape index (κ1) is 41.6. The number of allylic oxidation sites excluding steroid dienone is 3. The summed E-state index contributed by atoms with van der Waals surface area (Å²) in [5.41, 5.74) is 0.629. The number of hydrogen-bond donors (Lipinski definition) is 1. The van der Waals surface area contributed by atoms with Gasteiger partial charge in [-0.25, -0.2) is 4.79 Å². The molecule has 8 nitrogen and oxygen atoms in total. The number of aliphatic carboxylic acids is 1. The summed E-state index contributed by atoms with van der Waals surface area (Å²) in [6.45, 7) is 22.4. The predicted octanol–water partition coefficient (Wildman–Crippen LogP) is -0.125. The third-order valence-corrected chi connectivity index (χ3v) is 7.15. The van der Waals surface area contributed by atoms with Gasteiger partial charge in [0.15, 0.2) is 0 Å². The van der Waals surface area contributed by atoms with Gasteiger partial charge in [0.25, 0.3) is 0 Å². The quantitative estimate of drug-likeness (QED) is 0.112. The van der Waals surface area contributed by atoms with Crippen LogP contribution in [0.3, 0.4) is 0 Å². The summed E-state index contributed by atoms with van der Waals surface area (Å²) in [6, 6.07) is 0. The van der Waals surface area contributed by atoms with Gasteiger partial charge in [0.05, 0.1) is 36.4 Å². The molecule has 0 aliphatic carbocycles. The van der Waals surface area contributed by atoms with Crippen molar-refractivity contribution in [3.63, 3.8) is 0 Å². The predicted molar refractivity (Wildman–Crippen MR) is 150 cm³/mol. The summed E-state index contributed by atoms with van der Waals surface area (Å²) in [7, 11) is 1.72. The van der Waals surface area contributed by atoms with Gasteiger partial charge in [-0.15, -0.1) is 13.1 Å². The van der Waals surface area contributed by atoms with Crippen LogP contribution in [-0.4, -0.2) is 78.4 Å². The minimum absolute atomic E-state index is 0. The topological polar surface area (TPSA) is 94.5 Å². The second-order valence-corrected chi connectivity index (χ2v) is 11.0. The molecular formula is C30H51ILiNO7-2. The number of carboxylic acid groups (broad SMARTS) is 1. The van der Waals surface area contributed by atoms with Gasteiger partial charge in [-0.05, 0) is 52.0 Å². The Labute approximate surface area is 272 Å². The van der Waals surface area contributed by atoms with Gasteiger partial charge in [-0.1, -0.05) is 39.0 Å². The molecule has 0 bridgehead atoms. The van der Waals surface area contributed by atoms with Gasteiger partial charge in [-0.3, -0.25) is 4.79 Å². The average Bonchev–Trinajstić information content (AvgIpc) is 2.81. The molecule has 10 heteroatoms. The van der Waals surface area contributed by atoms with Crippen LogP contribution in [0.5, 0.6) is 0 Å². The van der Waals surface area contributed by atoms with E-state index in [-0.39, 0.29) is 98.1 Å². The molecule has 0 aromatic rings. The molecule has 40 heavy (non-hydrogen) atoms. The Morgan fingerprint density at radius 2 is 1.82 bits per heavy atom. The van der Waals surface area contributed by atoms with E-state index >= 15 is 0 Å². The van der Waals surface area contributed by atoms with Gasteiger partial charge < -0.3 is 66.8 Å². The number of carboxylic acids is 1. The maximum Gasteiger partial charge on any atom is 1.00 e. The third kappa shape index (κ3) is 14.1. The normalized spacial score (nSPS) is 23.9. The Bertz CT molecular complexity index is 799. The molecule has 1 aliphatic rings. The Kier molecular flexibility index (Phi) is 21.1. The van der Waals surface area contributed by atoms with Crippen LogP contribution < -0.4 is 42.8 Å². The number of hydrogen-bond acceptors (Lipinski definition) is 6. The molecule has 1 saturated heterocycles. The number of nitrogens with zero attached hydrogens (tertiary/aromatic N) is 1. The van der Waals surface area contributed by atoms with E-state index in [1.54, 1.807) is 7.11 Å². The largest absolute Gasteiger partial charge is 1.00 e. The van der Waals surface area contributed by atoms with E-state index in [1.165, 1.54) is 4.90 Å². The van der Waals surface area contributed by atoms with Gasteiger partial charge >= 0.3 is 30.9 Å². The number of amides is 1. The van der Waals surface area contributed by atoms with E-state index in [2.05, 4.69) is 54.5 Å². The molecule has 0 aromatic heterocycles. The smallest absolute Gasteiger partial charge is 1.00 e. The zero-order valence-electron chi connectivity index (χ0n) is 26.2. The number of ether oxygens (including phenoxy) is 4. The zero-order valence-corrected chi connectivity index (χ0v) is 28.3. The number of methoxy groups -OCH3 is 1. The van der Waals surface area contributed by atoms with Crippen molar-refractivity contribution in [1.29, 1.82) is 0 Å². The summed E-state index contributed by atoms with van der Waals surface area (Å²) in [5, 5.41) is 9.34. The molecule has 1 aliphatic heterocycles. The fraction of sp³-hybridized carbons (Fsp3) is 0.733. The number of halogens is 1. The van der Waals surface area contributed by atoms with Crippen LogP contribution in [0, 0.1) is 25.7 Å². The maximum absolute atomic E-state index is 12.5. The number of carbonyl (C=O) groups is 2. The molecule has 1 N–H and O–H groups in total. The van der Waals surface area contributed by atoms with Crippen molar-refractivity contribution in [2.45, 2.75) is 110 Å². The molecule has 1 rings (SSSR count). The van der Waals surface area contributed by atoms with Crippen LogP contribution in [-0.2, 0) is 23.7 Å². The molecule has 0 radical (unpaired) electrons. The summed E-state index contributed by atoms with van der Waals surface area (Å²) < 4.78 is 23.8. The molecule has 0 aromatic carbocycles. The molecule has 1 heterocycles. The SMILES string of the molecule is [CH2-]CN(C[CH2-])C(=O)O[C@@H]1C[C@H](CC(=O)O)O[C@H](/C(C)=C/C=C/[C@@H](C)CC(C)(C)OC(C)[C@H](CC)OC)[C@H]1C.[I-].[Li+]. The van der Waals surface area contributed by atoms with Crippen molar-refractivity contribution in [2.75, 3.05) is 20.2 Å². The van der Waals surface area contributed by atoms with Crippen molar-refractivity contribution < 1.29 is 76.5 Å². The molecule has 0 saturated carbocycles. The summed E-state index contributed by atoms with van der Waals surface area (Å²) in [5.74, 6) is -0.835. The van der Waals surface area contributed by atoms with E-state index < -0.39 is 24.3 Å². The Hall–Kier alpha value is -0.573. The molecule has 0 spiro atoms. The molecular weight excluding hydrogens is 620 g/mol. The van der Waals surface area contributed by atoms with E-state index in [0.717, 1.165) is 18.4 Å². The van der Waals surface area contributed by atoms with Gasteiger partial charge in [0.1, 0.15) is 6.10 Å². The first-order valence-electron chi connectivity index (χ1n) is 13.7. The molecule has 1 amide bonds. The van der Waals surface area contributed by atoms with Gasteiger partial charge in [-0.2, -0.15) is 0 Å². The second-order valence-electron chi connectivity index (χ2n) is 11.0. The zero-order chi connectivity index (χ0) is 29.0. The first-order valence-corrected chi connectivity index (χ1v) is 13.7. The van der Waals surface area contributed by atoms with Crippen molar-refractivity contribution in [3.8, 4) is 0 Å². The maximum atomic E-state index is 12.5. The Morgan fingerprint density at radius 1 is 1.23 bits per heavy atom. The van der Waals surface area contributed by atoms with Crippen LogP contribution in [0.25, 0.3) is 0 Å². The van der Waals surface area contributed by atoms with Crippen molar-refractivity contribution in [3.05, 3.63) is 37.6 Å². The third-order valence-electron chi connectivity index (χ3n) is 7.15. The standard InChI is InChI=1S/C30H51NO7.HI.Li/c1-11-25(35-10)23(7)38-30(8,9)19-20(4)15-14-16-21(5)28-22(6)26(17-24(36-28)18-27(32)33)37-29(34)31(12-2)13-3;;/h14-16,20,22-26,28H,2-3,11-13,17-19H2,1,4-10H3,(H,32,33);1H;/q-2;;+1/p-1/b15-14+,21-16+;;/t20-,22+,23?,24-,25+,26-,28-;;/m1../s1. The molecule has 228 valence electrons. The van der Waals surface area contributed by atoms with Crippen LogP contribution in [0.2, 0.25) is 0 Å². The van der Waals surface area contributed by atoms with Gasteiger partial charge in [0, 0.05) is 19.4 Å². The van der Waals surface area contributed by atoms with Crippen LogP contribution in [0.15, 0.2) is 23.8 Å². The monoisotopic (exact) mass is 671 g/mol. The molecule has 1 fully saturated rings. The summed E-state index contributed by atoms with van der Waals surface area (Å²) in [6.07, 6.45) is 6.21. The van der Waals surface area contributed by atoms with E-state index in [1.807, 2.05) is 26.0 Å². The average molecular weight is 672 g/mol. The van der Waals surface area contributed by atoms with Crippen molar-refractivity contribution in [2.24, 2.45) is 11.8 Å². The minimum Gasteiger partial charge on any atom is -1.00 e. The summed E-state index contributed by atoms with van der Waals surface area (Å²) >= 11 is 0. The Balaban J connectivity index is 0. The van der Waals surface area contributed by atoms with Crippen LogP contribution >= 0.6 is 0 Å². The second kappa shape index (κ2) is 20.4. The Morgan fingerprint density at radius 3 is 2.33 bits per heavy atom. The molecule has 7 atom stereocenters. The van der Waals surface area contributed by atoms with E-state index in [4.69, 9.17) is 18.9 Å². The van der Waals surface area contributed by atoms with Gasteiger partial charge in [0.2, 0.25) is 0 Å². The fourth-order valence-corrected chi connectivity index (χ4v) is 5.21. The fourth-order valence-electron chi connectivity index (χ4n) is 5.21. The van der Waals surface area contributed by atoms with E-state index in [0.29, 0.717) is 6.42 Å². The van der Waals surface area contributed by atoms with Crippen molar-refractivity contribution in [1.82, 2.24) is 4.90 Å². The number of rotatable bonds is 15. The van der Waals surface area contributed by atoms with Crippen molar-refractivity contribution >= 4 is 12.1 Å². The first-order chi connectivity index (χ1) is 17.8. The minimum atomic E-state index is -0.948. The summed E-state index contributed by atoms with van der Waals surface area (Å²) in [4.78, 5) is 25.3. The number of carbonyl (C=O) groups excluding carboxylic acids is 1. The van der Waals surface area contributed by atoms with E-state index in [9.17, 15) is 14.7 Å². The van der Waals surface area contributed by atoms with Crippen LogP contribution in [0.1, 0.15) is 74.1 Å².